The third-order valence-corrected chi connectivity index (χ3v) is 3.01. The molecule has 0 saturated carbocycles. The van der Waals surface area contributed by atoms with Gasteiger partial charge in [-0.3, -0.25) is 0 Å². The zero-order valence-electron chi connectivity index (χ0n) is 13.5. The minimum atomic E-state index is -0.818. The second kappa shape index (κ2) is 8.34. The number of hydrogen-bond donors (Lipinski definition) is 3. The summed E-state index contributed by atoms with van der Waals surface area (Å²) >= 11 is 0. The normalized spacial score (nSPS) is 15.8. The highest BCUT2D eigenvalue weighted by Gasteiger charge is 2.21. The lowest BCUT2D eigenvalue weighted by Gasteiger charge is -2.27. The van der Waals surface area contributed by atoms with Crippen LogP contribution in [0.2, 0.25) is 0 Å². The molecule has 120 valence electrons. The SMILES string of the molecule is Cc1ccc(OCC(O)CNCC(C)(O)CN(C)C)cc1. The van der Waals surface area contributed by atoms with E-state index < -0.39 is 11.7 Å². The van der Waals surface area contributed by atoms with E-state index in [-0.39, 0.29) is 6.61 Å². The number of aryl methyl sites for hydroxylation is 1. The van der Waals surface area contributed by atoms with Crippen molar-refractivity contribution in [2.75, 3.05) is 40.3 Å². The molecule has 0 amide bonds. The second-order valence-corrected chi connectivity index (χ2v) is 6.14. The summed E-state index contributed by atoms with van der Waals surface area (Å²) in [6, 6.07) is 7.71. The first-order valence-corrected chi connectivity index (χ1v) is 7.24. The fourth-order valence-electron chi connectivity index (χ4n) is 2.13. The van der Waals surface area contributed by atoms with Crippen LogP contribution < -0.4 is 10.1 Å². The number of aliphatic hydroxyl groups excluding tert-OH is 1. The predicted molar refractivity (Wildman–Crippen MR) is 84.7 cm³/mol. The van der Waals surface area contributed by atoms with E-state index in [0.29, 0.717) is 19.6 Å². The van der Waals surface area contributed by atoms with Gasteiger partial charge in [-0.15, -0.1) is 0 Å². The summed E-state index contributed by atoms with van der Waals surface area (Å²) in [5.74, 6) is 0.749. The molecule has 0 bridgehead atoms. The van der Waals surface area contributed by atoms with Gasteiger partial charge in [0.1, 0.15) is 18.5 Å². The topological polar surface area (TPSA) is 65.0 Å². The fraction of sp³-hybridized carbons (Fsp3) is 0.625. The molecule has 21 heavy (non-hydrogen) atoms. The Labute approximate surface area is 127 Å². The van der Waals surface area contributed by atoms with Crippen LogP contribution in [0.5, 0.6) is 5.75 Å². The van der Waals surface area contributed by atoms with Gasteiger partial charge in [0.15, 0.2) is 0 Å². The summed E-state index contributed by atoms with van der Waals surface area (Å²) < 4.78 is 5.51. The van der Waals surface area contributed by atoms with Crippen molar-refractivity contribution >= 4 is 0 Å². The number of hydrogen-bond acceptors (Lipinski definition) is 5. The lowest BCUT2D eigenvalue weighted by atomic mass is 10.1. The highest BCUT2D eigenvalue weighted by atomic mass is 16.5. The Bertz CT molecular complexity index is 404. The van der Waals surface area contributed by atoms with Gasteiger partial charge >= 0.3 is 0 Å². The maximum atomic E-state index is 10.1. The lowest BCUT2D eigenvalue weighted by Crippen LogP contribution is -2.47. The molecule has 1 aromatic rings. The molecule has 5 heteroatoms. The van der Waals surface area contributed by atoms with Crippen molar-refractivity contribution < 1.29 is 14.9 Å². The molecule has 0 fully saturated rings. The molecular weight excluding hydrogens is 268 g/mol. The number of rotatable bonds is 9. The Balaban J connectivity index is 2.22. The van der Waals surface area contributed by atoms with Crippen LogP contribution in [0.4, 0.5) is 0 Å². The quantitative estimate of drug-likeness (QED) is 0.624. The fourth-order valence-corrected chi connectivity index (χ4v) is 2.13. The molecule has 0 aliphatic carbocycles. The van der Waals surface area contributed by atoms with E-state index in [1.165, 1.54) is 5.56 Å². The van der Waals surface area contributed by atoms with E-state index in [2.05, 4.69) is 5.32 Å². The van der Waals surface area contributed by atoms with Crippen molar-refractivity contribution in [2.24, 2.45) is 0 Å². The number of nitrogens with one attached hydrogen (secondary N) is 1. The summed E-state index contributed by atoms with van der Waals surface area (Å²) in [5, 5.41) is 23.0. The van der Waals surface area contributed by atoms with Gasteiger partial charge in [-0.05, 0) is 40.1 Å². The van der Waals surface area contributed by atoms with Gasteiger partial charge in [0, 0.05) is 19.6 Å². The summed E-state index contributed by atoms with van der Waals surface area (Å²) in [6.45, 7) is 5.39. The summed E-state index contributed by atoms with van der Waals surface area (Å²) in [4.78, 5) is 1.93. The van der Waals surface area contributed by atoms with Crippen LogP contribution >= 0.6 is 0 Å². The number of ether oxygens (including phenoxy) is 1. The predicted octanol–water partition coefficient (Wildman–Crippen LogP) is 0.637. The molecule has 1 aromatic carbocycles. The highest BCUT2D eigenvalue weighted by Crippen LogP contribution is 2.11. The van der Waals surface area contributed by atoms with E-state index in [1.54, 1.807) is 6.92 Å². The Morgan fingerprint density at radius 3 is 2.48 bits per heavy atom. The minimum Gasteiger partial charge on any atom is -0.491 e. The maximum Gasteiger partial charge on any atom is 0.119 e. The number of aliphatic hydroxyl groups is 2. The first-order chi connectivity index (χ1) is 9.78. The van der Waals surface area contributed by atoms with Crippen molar-refractivity contribution in [3.8, 4) is 5.75 Å². The molecule has 2 atom stereocenters. The zero-order valence-corrected chi connectivity index (χ0v) is 13.5. The average Bonchev–Trinajstić information content (AvgIpc) is 2.36. The molecule has 0 aromatic heterocycles. The molecule has 1 rings (SSSR count). The second-order valence-electron chi connectivity index (χ2n) is 6.14. The van der Waals surface area contributed by atoms with Gasteiger partial charge in [0.2, 0.25) is 0 Å². The molecular formula is C16H28N2O3. The first kappa shape index (κ1) is 17.9. The van der Waals surface area contributed by atoms with Crippen LogP contribution in [0, 0.1) is 6.92 Å². The van der Waals surface area contributed by atoms with Crippen molar-refractivity contribution in [3.05, 3.63) is 29.8 Å². The van der Waals surface area contributed by atoms with Crippen LogP contribution in [0.3, 0.4) is 0 Å². The molecule has 0 aliphatic rings. The van der Waals surface area contributed by atoms with Crippen LogP contribution in [-0.4, -0.2) is 67.2 Å². The Morgan fingerprint density at radius 1 is 1.29 bits per heavy atom. The van der Waals surface area contributed by atoms with Crippen molar-refractivity contribution in [1.29, 1.82) is 0 Å². The van der Waals surface area contributed by atoms with E-state index in [4.69, 9.17) is 4.74 Å². The minimum absolute atomic E-state index is 0.228. The van der Waals surface area contributed by atoms with Gasteiger partial charge in [-0.2, -0.15) is 0 Å². The van der Waals surface area contributed by atoms with E-state index >= 15 is 0 Å². The van der Waals surface area contributed by atoms with Gasteiger partial charge in [-0.1, -0.05) is 17.7 Å². The highest BCUT2D eigenvalue weighted by molar-refractivity contribution is 5.26. The summed E-state index contributed by atoms with van der Waals surface area (Å²) in [6.07, 6.45) is -0.610. The molecule has 0 heterocycles. The van der Waals surface area contributed by atoms with Gasteiger partial charge in [0.05, 0.1) is 5.60 Å². The summed E-state index contributed by atoms with van der Waals surface area (Å²) in [5.41, 5.74) is 0.355. The summed E-state index contributed by atoms with van der Waals surface area (Å²) in [7, 11) is 3.83. The van der Waals surface area contributed by atoms with Crippen molar-refractivity contribution in [1.82, 2.24) is 10.2 Å². The van der Waals surface area contributed by atoms with Crippen LogP contribution in [0.15, 0.2) is 24.3 Å². The number of likely N-dealkylation sites (N-methyl/N-ethyl adjacent to an activating group) is 1. The van der Waals surface area contributed by atoms with Gasteiger partial charge in [-0.25, -0.2) is 0 Å². The molecule has 5 nitrogen and oxygen atoms in total. The van der Waals surface area contributed by atoms with Crippen LogP contribution in [0.1, 0.15) is 12.5 Å². The average molecular weight is 296 g/mol. The number of nitrogens with zero attached hydrogens (tertiary/aromatic N) is 1. The largest absolute Gasteiger partial charge is 0.491 e. The molecule has 0 radical (unpaired) electrons. The molecule has 2 unspecified atom stereocenters. The molecule has 0 saturated heterocycles. The molecule has 0 aliphatic heterocycles. The smallest absolute Gasteiger partial charge is 0.119 e. The van der Waals surface area contributed by atoms with Crippen molar-refractivity contribution in [2.45, 2.75) is 25.6 Å². The van der Waals surface area contributed by atoms with Crippen LogP contribution in [-0.2, 0) is 0 Å². The van der Waals surface area contributed by atoms with Gasteiger partial charge < -0.3 is 25.2 Å². The van der Waals surface area contributed by atoms with E-state index in [9.17, 15) is 10.2 Å². The van der Waals surface area contributed by atoms with E-state index in [0.717, 1.165) is 5.75 Å². The Kier molecular flexibility index (Phi) is 7.11. The van der Waals surface area contributed by atoms with E-state index in [1.807, 2.05) is 50.2 Å². The molecule has 3 N–H and O–H groups in total. The van der Waals surface area contributed by atoms with Gasteiger partial charge in [0.25, 0.3) is 0 Å². The Hall–Kier alpha value is -1.14. The third kappa shape index (κ3) is 8.02. The van der Waals surface area contributed by atoms with Crippen molar-refractivity contribution in [3.63, 3.8) is 0 Å². The lowest BCUT2D eigenvalue weighted by molar-refractivity contribution is 0.0286. The number of benzene rings is 1. The monoisotopic (exact) mass is 296 g/mol. The third-order valence-electron chi connectivity index (χ3n) is 3.01. The molecule has 0 spiro atoms. The maximum absolute atomic E-state index is 10.1. The first-order valence-electron chi connectivity index (χ1n) is 7.24. The Morgan fingerprint density at radius 2 is 1.90 bits per heavy atom. The zero-order chi connectivity index (χ0) is 15.9. The standard InChI is InChI=1S/C16H28N2O3/c1-13-5-7-15(8-6-13)21-10-14(19)9-17-11-16(2,20)12-18(3)4/h5-8,14,17,19-20H,9-12H2,1-4H3. The van der Waals surface area contributed by atoms with Crippen LogP contribution in [0.25, 0.3) is 0 Å².